The van der Waals surface area contributed by atoms with Crippen molar-refractivity contribution < 1.29 is 4.92 Å². The second-order valence-corrected chi connectivity index (χ2v) is 5.15. The molecule has 0 heterocycles. The van der Waals surface area contributed by atoms with Crippen molar-refractivity contribution in [3.63, 3.8) is 0 Å². The Hall–Kier alpha value is -0.610. The molecule has 0 N–H and O–H groups in total. The minimum absolute atomic E-state index is 0.0374. The Labute approximate surface area is 108 Å². The molecule has 16 heavy (non-hydrogen) atoms. The smallest absolute Gasteiger partial charge is 0.258 e. The van der Waals surface area contributed by atoms with Crippen molar-refractivity contribution in [2.75, 3.05) is 0 Å². The van der Waals surface area contributed by atoms with Crippen LogP contribution >= 0.6 is 27.5 Å². The van der Waals surface area contributed by atoms with E-state index >= 15 is 0 Å². The summed E-state index contributed by atoms with van der Waals surface area (Å²) in [5.41, 5.74) is 0.816. The molecule has 88 valence electrons. The third-order valence-corrected chi connectivity index (χ3v) is 3.79. The molecular weight excluding hydrogens is 293 g/mol. The van der Waals surface area contributed by atoms with Gasteiger partial charge in [-0.3, -0.25) is 10.1 Å². The van der Waals surface area contributed by atoms with E-state index in [0.29, 0.717) is 5.56 Å². The molecule has 0 saturated heterocycles. The van der Waals surface area contributed by atoms with Gasteiger partial charge in [0.2, 0.25) is 0 Å². The van der Waals surface area contributed by atoms with Crippen molar-refractivity contribution in [2.45, 2.75) is 31.6 Å². The highest BCUT2D eigenvalue weighted by Crippen LogP contribution is 2.34. The fourth-order valence-corrected chi connectivity index (χ4v) is 2.12. The van der Waals surface area contributed by atoms with Crippen LogP contribution in [0.2, 0.25) is 0 Å². The van der Waals surface area contributed by atoms with Gasteiger partial charge in [-0.2, -0.15) is 0 Å². The number of nitrogens with zero attached hydrogens (tertiary/aromatic N) is 1. The third-order valence-electron chi connectivity index (χ3n) is 2.61. The van der Waals surface area contributed by atoms with Gasteiger partial charge in [-0.25, -0.2) is 0 Å². The number of halogens is 2. The van der Waals surface area contributed by atoms with E-state index in [4.69, 9.17) is 11.6 Å². The number of hydrogen-bond donors (Lipinski definition) is 0. The molecular formula is C11H13BrClNO2. The predicted molar refractivity (Wildman–Crippen MR) is 69.1 cm³/mol. The topological polar surface area (TPSA) is 43.1 Å². The number of nitro groups is 1. The van der Waals surface area contributed by atoms with E-state index in [-0.39, 0.29) is 21.9 Å². The van der Waals surface area contributed by atoms with E-state index in [1.165, 1.54) is 6.07 Å². The highest BCUT2D eigenvalue weighted by molar-refractivity contribution is 9.10. The second kappa shape index (κ2) is 5.64. The monoisotopic (exact) mass is 305 g/mol. The molecule has 0 aromatic heterocycles. The van der Waals surface area contributed by atoms with Gasteiger partial charge in [-0.15, -0.1) is 11.6 Å². The second-order valence-electron chi connectivity index (χ2n) is 3.67. The Bertz CT molecular complexity index is 398. The highest BCUT2D eigenvalue weighted by atomic mass is 79.9. The third kappa shape index (κ3) is 2.95. The van der Waals surface area contributed by atoms with Crippen LogP contribution in [0.15, 0.2) is 22.7 Å². The van der Waals surface area contributed by atoms with Crippen molar-refractivity contribution in [2.24, 2.45) is 0 Å². The first-order valence-electron chi connectivity index (χ1n) is 5.05. The molecule has 0 aliphatic heterocycles. The van der Waals surface area contributed by atoms with Gasteiger partial charge >= 0.3 is 0 Å². The fraction of sp³-hybridized carbons (Fsp3) is 0.455. The quantitative estimate of drug-likeness (QED) is 0.467. The molecule has 0 aliphatic carbocycles. The summed E-state index contributed by atoms with van der Waals surface area (Å²) in [7, 11) is 0. The summed E-state index contributed by atoms with van der Waals surface area (Å²) >= 11 is 9.46. The maximum Gasteiger partial charge on any atom is 0.272 e. The zero-order valence-corrected chi connectivity index (χ0v) is 11.5. The molecule has 1 rings (SSSR count). The van der Waals surface area contributed by atoms with Gasteiger partial charge in [0.05, 0.1) is 4.92 Å². The predicted octanol–water partition coefficient (Wildman–Crippen LogP) is 4.48. The van der Waals surface area contributed by atoms with Crippen LogP contribution in [0.25, 0.3) is 0 Å². The van der Waals surface area contributed by atoms with Crippen molar-refractivity contribution in [1.82, 2.24) is 0 Å². The van der Waals surface area contributed by atoms with E-state index in [1.54, 1.807) is 12.1 Å². The molecule has 0 aliphatic rings. The Morgan fingerprint density at radius 3 is 2.69 bits per heavy atom. The maximum atomic E-state index is 10.9. The minimum Gasteiger partial charge on any atom is -0.258 e. The Balaban J connectivity index is 3.19. The highest BCUT2D eigenvalue weighted by Gasteiger charge is 2.23. The lowest BCUT2D eigenvalue weighted by molar-refractivity contribution is -0.385. The van der Waals surface area contributed by atoms with Crippen molar-refractivity contribution in [1.29, 1.82) is 0 Å². The van der Waals surface area contributed by atoms with Gasteiger partial charge in [-0.1, -0.05) is 29.8 Å². The minimum atomic E-state index is -0.364. The van der Waals surface area contributed by atoms with Gasteiger partial charge in [0.15, 0.2) is 0 Å². The van der Waals surface area contributed by atoms with E-state index in [9.17, 15) is 10.1 Å². The van der Waals surface area contributed by atoms with Crippen LogP contribution in [0.5, 0.6) is 0 Å². The van der Waals surface area contributed by atoms with Gasteiger partial charge in [0.1, 0.15) is 0 Å². The van der Waals surface area contributed by atoms with Crippen LogP contribution in [0, 0.1) is 10.1 Å². The SMILES string of the molecule is CCC(Cl)C(C)c1cc(Br)ccc1[N+](=O)[O-]. The zero-order chi connectivity index (χ0) is 12.3. The normalized spacial score (nSPS) is 14.5. The number of nitro benzene ring substituents is 1. The molecule has 1 aromatic carbocycles. The Morgan fingerprint density at radius 1 is 1.56 bits per heavy atom. The van der Waals surface area contributed by atoms with Gasteiger partial charge in [0.25, 0.3) is 5.69 Å². The van der Waals surface area contributed by atoms with E-state index in [0.717, 1.165) is 10.9 Å². The summed E-state index contributed by atoms with van der Waals surface area (Å²) in [5.74, 6) is -0.0374. The average Bonchev–Trinajstić information content (AvgIpc) is 2.26. The lowest BCUT2D eigenvalue weighted by Crippen LogP contribution is -2.10. The van der Waals surface area contributed by atoms with E-state index in [1.807, 2.05) is 13.8 Å². The lowest BCUT2D eigenvalue weighted by Gasteiger charge is -2.16. The molecule has 0 spiro atoms. The first-order valence-corrected chi connectivity index (χ1v) is 6.28. The molecule has 0 saturated carbocycles. The molecule has 0 radical (unpaired) electrons. The summed E-state index contributed by atoms with van der Waals surface area (Å²) < 4.78 is 0.833. The zero-order valence-electron chi connectivity index (χ0n) is 9.11. The summed E-state index contributed by atoms with van der Waals surface area (Å²) in [5, 5.41) is 10.8. The Kier molecular flexibility index (Phi) is 4.74. The summed E-state index contributed by atoms with van der Waals surface area (Å²) in [6, 6.07) is 4.95. The number of rotatable bonds is 4. The summed E-state index contributed by atoms with van der Waals surface area (Å²) in [6.07, 6.45) is 0.784. The number of hydrogen-bond acceptors (Lipinski definition) is 2. The van der Waals surface area contributed by atoms with Crippen LogP contribution in [-0.4, -0.2) is 10.3 Å². The molecule has 5 heteroatoms. The molecule has 0 bridgehead atoms. The Morgan fingerprint density at radius 2 is 2.19 bits per heavy atom. The lowest BCUT2D eigenvalue weighted by atomic mass is 9.94. The van der Waals surface area contributed by atoms with Crippen molar-refractivity contribution in [3.8, 4) is 0 Å². The molecule has 1 aromatic rings. The molecule has 0 amide bonds. The van der Waals surface area contributed by atoms with Crippen molar-refractivity contribution in [3.05, 3.63) is 38.3 Å². The largest absolute Gasteiger partial charge is 0.272 e. The first kappa shape index (κ1) is 13.5. The van der Waals surface area contributed by atoms with Crippen LogP contribution < -0.4 is 0 Å². The maximum absolute atomic E-state index is 10.9. The molecule has 0 fully saturated rings. The fourth-order valence-electron chi connectivity index (χ4n) is 1.60. The summed E-state index contributed by atoms with van der Waals surface area (Å²) in [6.45, 7) is 3.88. The number of benzene rings is 1. The van der Waals surface area contributed by atoms with Crippen LogP contribution in [-0.2, 0) is 0 Å². The summed E-state index contributed by atoms with van der Waals surface area (Å²) in [4.78, 5) is 10.5. The van der Waals surface area contributed by atoms with Crippen LogP contribution in [0.3, 0.4) is 0 Å². The van der Waals surface area contributed by atoms with Crippen LogP contribution in [0.4, 0.5) is 5.69 Å². The van der Waals surface area contributed by atoms with Gasteiger partial charge in [0, 0.05) is 27.4 Å². The molecule has 2 unspecified atom stereocenters. The van der Waals surface area contributed by atoms with E-state index in [2.05, 4.69) is 15.9 Å². The standard InChI is InChI=1S/C11H13BrClNO2/c1-3-10(13)7(2)9-6-8(12)4-5-11(9)14(15)16/h4-7,10H,3H2,1-2H3. The average molecular weight is 307 g/mol. The molecule has 2 atom stereocenters. The van der Waals surface area contributed by atoms with Gasteiger partial charge < -0.3 is 0 Å². The first-order chi connectivity index (χ1) is 7.47. The van der Waals surface area contributed by atoms with Gasteiger partial charge in [-0.05, 0) is 18.6 Å². The molecule has 3 nitrogen and oxygen atoms in total. The van der Waals surface area contributed by atoms with Crippen molar-refractivity contribution >= 4 is 33.2 Å². The van der Waals surface area contributed by atoms with Crippen LogP contribution in [0.1, 0.15) is 31.7 Å². The van der Waals surface area contributed by atoms with E-state index < -0.39 is 0 Å². The number of alkyl halides is 1.